The quantitative estimate of drug-likeness (QED) is 0.792. The van der Waals surface area contributed by atoms with Crippen molar-refractivity contribution in [1.82, 2.24) is 4.90 Å². The van der Waals surface area contributed by atoms with Crippen LogP contribution in [0.5, 0.6) is 5.75 Å². The topological polar surface area (TPSA) is 15.7 Å². The molecule has 25 heavy (non-hydrogen) atoms. The maximum absolute atomic E-state index is 5.21. The van der Waals surface area contributed by atoms with Crippen molar-refractivity contribution in [2.75, 3.05) is 45.2 Å². The average Bonchev–Trinajstić information content (AvgIpc) is 2.67. The largest absolute Gasteiger partial charge is 0.497 e. The lowest BCUT2D eigenvalue weighted by molar-refractivity contribution is 0.313. The standard InChI is InChI=1S/C22H29N2O/c1-18(4-5-19-6-12-22(25-3)13-7-19)20-8-10-21(11-9-20)24-16-14-23(2)15-17-24/h6-13,18H,1,4-5,14-17H2,2-3H3. The summed E-state index contributed by atoms with van der Waals surface area (Å²) in [5.41, 5.74) is 3.99. The Bertz CT molecular complexity index is 643. The van der Waals surface area contributed by atoms with Gasteiger partial charge in [-0.25, -0.2) is 0 Å². The molecule has 2 aromatic rings. The molecule has 0 amide bonds. The first kappa shape index (κ1) is 17.8. The normalized spacial score (nSPS) is 16.7. The fraction of sp³-hybridized carbons (Fsp3) is 0.409. The summed E-state index contributed by atoms with van der Waals surface area (Å²) < 4.78 is 5.21. The third-order valence-electron chi connectivity index (χ3n) is 5.17. The zero-order chi connectivity index (χ0) is 17.6. The van der Waals surface area contributed by atoms with Gasteiger partial charge in [0.05, 0.1) is 7.11 Å². The molecule has 1 atom stereocenters. The molecule has 3 nitrogen and oxygen atoms in total. The molecular weight excluding hydrogens is 308 g/mol. The molecule has 0 spiro atoms. The highest BCUT2D eigenvalue weighted by Gasteiger charge is 2.14. The average molecular weight is 337 g/mol. The number of hydrogen-bond acceptors (Lipinski definition) is 3. The molecule has 1 saturated heterocycles. The summed E-state index contributed by atoms with van der Waals surface area (Å²) in [7, 11) is 3.89. The number of aryl methyl sites for hydroxylation is 1. The van der Waals surface area contributed by atoms with Gasteiger partial charge >= 0.3 is 0 Å². The van der Waals surface area contributed by atoms with Crippen LogP contribution < -0.4 is 9.64 Å². The second kappa shape index (κ2) is 8.39. The SMILES string of the molecule is [CH2]C(CCc1ccc(OC)cc1)c1ccc(N2CCN(C)CC2)cc1. The van der Waals surface area contributed by atoms with Crippen molar-refractivity contribution in [3.63, 3.8) is 0 Å². The summed E-state index contributed by atoms with van der Waals surface area (Å²) in [4.78, 5) is 4.86. The number of ether oxygens (including phenoxy) is 1. The molecule has 1 aliphatic rings. The number of benzene rings is 2. The molecular formula is C22H29N2O. The molecule has 1 aliphatic heterocycles. The lowest BCUT2D eigenvalue weighted by atomic mass is 9.94. The van der Waals surface area contributed by atoms with Gasteiger partial charge in [-0.1, -0.05) is 24.3 Å². The summed E-state index contributed by atoms with van der Waals surface area (Å²) in [6.07, 6.45) is 2.10. The molecule has 3 rings (SSSR count). The molecule has 0 saturated carbocycles. The number of anilines is 1. The monoisotopic (exact) mass is 337 g/mol. The van der Waals surface area contributed by atoms with Gasteiger partial charge in [-0.3, -0.25) is 0 Å². The molecule has 2 aromatic carbocycles. The van der Waals surface area contributed by atoms with E-state index in [-0.39, 0.29) is 0 Å². The minimum atomic E-state index is 0.323. The summed E-state index contributed by atoms with van der Waals surface area (Å²) in [6.45, 7) is 8.87. The fourth-order valence-corrected chi connectivity index (χ4v) is 3.32. The molecule has 1 fully saturated rings. The van der Waals surface area contributed by atoms with Crippen LogP contribution in [-0.4, -0.2) is 45.2 Å². The molecule has 3 heteroatoms. The maximum Gasteiger partial charge on any atom is 0.118 e. The lowest BCUT2D eigenvalue weighted by Crippen LogP contribution is -2.44. The van der Waals surface area contributed by atoms with E-state index in [1.165, 1.54) is 16.8 Å². The first-order valence-electron chi connectivity index (χ1n) is 9.15. The predicted octanol–water partition coefficient (Wildman–Crippen LogP) is 4.00. The van der Waals surface area contributed by atoms with Gasteiger partial charge < -0.3 is 14.5 Å². The van der Waals surface area contributed by atoms with Crippen molar-refractivity contribution in [2.24, 2.45) is 0 Å². The Morgan fingerprint density at radius 3 is 2.20 bits per heavy atom. The zero-order valence-electron chi connectivity index (χ0n) is 15.4. The number of likely N-dealkylation sites (N-methyl/N-ethyl adjacent to an activating group) is 1. The highest BCUT2D eigenvalue weighted by Crippen LogP contribution is 2.25. The number of piperazine rings is 1. The Morgan fingerprint density at radius 1 is 0.960 bits per heavy atom. The van der Waals surface area contributed by atoms with Gasteiger partial charge in [-0.2, -0.15) is 0 Å². The van der Waals surface area contributed by atoms with E-state index in [0.717, 1.165) is 44.8 Å². The predicted molar refractivity (Wildman–Crippen MR) is 106 cm³/mol. The van der Waals surface area contributed by atoms with E-state index in [9.17, 15) is 0 Å². The molecule has 0 aliphatic carbocycles. The van der Waals surface area contributed by atoms with Crippen LogP contribution in [0.1, 0.15) is 23.5 Å². The summed E-state index contributed by atoms with van der Waals surface area (Å²) in [5, 5.41) is 0. The van der Waals surface area contributed by atoms with Crippen LogP contribution in [0.4, 0.5) is 5.69 Å². The van der Waals surface area contributed by atoms with Crippen LogP contribution in [0.3, 0.4) is 0 Å². The summed E-state index contributed by atoms with van der Waals surface area (Å²) in [5.74, 6) is 1.23. The minimum Gasteiger partial charge on any atom is -0.497 e. The van der Waals surface area contributed by atoms with E-state index in [1.54, 1.807) is 7.11 Å². The van der Waals surface area contributed by atoms with E-state index in [1.807, 2.05) is 12.1 Å². The van der Waals surface area contributed by atoms with Crippen LogP contribution >= 0.6 is 0 Å². The van der Waals surface area contributed by atoms with Gasteiger partial charge in [-0.15, -0.1) is 0 Å². The number of methoxy groups -OCH3 is 1. The minimum absolute atomic E-state index is 0.323. The smallest absolute Gasteiger partial charge is 0.118 e. The van der Waals surface area contributed by atoms with Crippen LogP contribution in [-0.2, 0) is 6.42 Å². The van der Waals surface area contributed by atoms with Crippen LogP contribution in [0, 0.1) is 6.92 Å². The van der Waals surface area contributed by atoms with Gasteiger partial charge in [-0.05, 0) is 68.1 Å². The highest BCUT2D eigenvalue weighted by atomic mass is 16.5. The Balaban J connectivity index is 1.54. The molecule has 1 unspecified atom stereocenters. The lowest BCUT2D eigenvalue weighted by Gasteiger charge is -2.34. The van der Waals surface area contributed by atoms with Gasteiger partial charge in [0.15, 0.2) is 0 Å². The Morgan fingerprint density at radius 2 is 1.60 bits per heavy atom. The molecule has 1 radical (unpaired) electrons. The van der Waals surface area contributed by atoms with E-state index >= 15 is 0 Å². The van der Waals surface area contributed by atoms with E-state index in [2.05, 4.69) is 60.2 Å². The van der Waals surface area contributed by atoms with Crippen molar-refractivity contribution < 1.29 is 4.74 Å². The first-order chi connectivity index (χ1) is 12.2. The van der Waals surface area contributed by atoms with E-state index in [4.69, 9.17) is 4.74 Å². The van der Waals surface area contributed by atoms with Crippen LogP contribution in [0.2, 0.25) is 0 Å². The Labute approximate surface area is 152 Å². The fourth-order valence-electron chi connectivity index (χ4n) is 3.32. The highest BCUT2D eigenvalue weighted by molar-refractivity contribution is 5.48. The third-order valence-corrected chi connectivity index (χ3v) is 5.17. The van der Waals surface area contributed by atoms with E-state index < -0.39 is 0 Å². The molecule has 0 N–H and O–H groups in total. The third kappa shape index (κ3) is 4.76. The zero-order valence-corrected chi connectivity index (χ0v) is 15.4. The van der Waals surface area contributed by atoms with Gasteiger partial charge in [0, 0.05) is 31.9 Å². The van der Waals surface area contributed by atoms with Crippen molar-refractivity contribution >= 4 is 5.69 Å². The summed E-state index contributed by atoms with van der Waals surface area (Å²) in [6, 6.07) is 17.3. The molecule has 0 bridgehead atoms. The van der Waals surface area contributed by atoms with Gasteiger partial charge in [0.25, 0.3) is 0 Å². The number of hydrogen-bond donors (Lipinski definition) is 0. The molecule has 1 heterocycles. The van der Waals surface area contributed by atoms with Crippen LogP contribution in [0.25, 0.3) is 0 Å². The van der Waals surface area contributed by atoms with Crippen molar-refractivity contribution in [2.45, 2.75) is 18.8 Å². The number of rotatable bonds is 6. The number of nitrogens with zero attached hydrogens (tertiary/aromatic N) is 2. The molecule has 0 aromatic heterocycles. The Hall–Kier alpha value is -2.00. The Kier molecular flexibility index (Phi) is 5.98. The van der Waals surface area contributed by atoms with Crippen molar-refractivity contribution in [3.05, 3.63) is 66.6 Å². The summed E-state index contributed by atoms with van der Waals surface area (Å²) >= 11 is 0. The second-order valence-corrected chi connectivity index (χ2v) is 6.97. The van der Waals surface area contributed by atoms with Crippen molar-refractivity contribution in [3.8, 4) is 5.75 Å². The van der Waals surface area contributed by atoms with E-state index in [0.29, 0.717) is 5.92 Å². The van der Waals surface area contributed by atoms with Crippen molar-refractivity contribution in [1.29, 1.82) is 0 Å². The van der Waals surface area contributed by atoms with Gasteiger partial charge in [0.2, 0.25) is 0 Å². The first-order valence-corrected chi connectivity index (χ1v) is 9.15. The molecule has 133 valence electrons. The van der Waals surface area contributed by atoms with Gasteiger partial charge in [0.1, 0.15) is 5.75 Å². The maximum atomic E-state index is 5.21. The van der Waals surface area contributed by atoms with Crippen LogP contribution in [0.15, 0.2) is 48.5 Å². The second-order valence-electron chi connectivity index (χ2n) is 6.97.